The third-order valence-electron chi connectivity index (χ3n) is 6.72. The highest BCUT2D eigenvalue weighted by Crippen LogP contribution is 2.51. The van der Waals surface area contributed by atoms with Crippen molar-refractivity contribution in [3.05, 3.63) is 102 Å². The molecule has 1 nitrogen and oxygen atoms in total. The second kappa shape index (κ2) is 5.61. The van der Waals surface area contributed by atoms with E-state index in [1.165, 1.54) is 55.3 Å². The summed E-state index contributed by atoms with van der Waals surface area (Å²) < 4.78 is 2.41. The van der Waals surface area contributed by atoms with E-state index in [0.717, 1.165) is 0 Å². The first-order valence-corrected chi connectivity index (χ1v) is 10.3. The van der Waals surface area contributed by atoms with Gasteiger partial charge in [-0.3, -0.25) is 0 Å². The van der Waals surface area contributed by atoms with Crippen molar-refractivity contribution in [2.24, 2.45) is 0 Å². The molecule has 0 saturated carbocycles. The zero-order valence-electron chi connectivity index (χ0n) is 17.0. The zero-order valence-corrected chi connectivity index (χ0v) is 17.0. The summed E-state index contributed by atoms with van der Waals surface area (Å²) in [6.45, 7) is 6.96. The number of rotatable bonds is 1. The molecule has 1 aliphatic carbocycles. The van der Waals surface area contributed by atoms with Gasteiger partial charge in [0.05, 0.1) is 11.0 Å². The average Bonchev–Trinajstić information content (AvgIpc) is 3.18. The predicted octanol–water partition coefficient (Wildman–Crippen LogP) is 7.40. The quantitative estimate of drug-likeness (QED) is 0.288. The first-order chi connectivity index (χ1) is 14.1. The highest BCUT2D eigenvalue weighted by Gasteiger charge is 2.37. The topological polar surface area (TPSA) is 4.93 Å². The van der Waals surface area contributed by atoms with Crippen LogP contribution in [0.5, 0.6) is 0 Å². The SMILES string of the molecule is Cc1cccc2c1-c1cc3c(cc1C2(C)C)c1ccccc1n3-c1ccccc1. The molecule has 6 rings (SSSR count). The Morgan fingerprint density at radius 2 is 1.41 bits per heavy atom. The zero-order chi connectivity index (χ0) is 19.8. The van der Waals surface area contributed by atoms with Crippen molar-refractivity contribution in [1.82, 2.24) is 4.57 Å². The van der Waals surface area contributed by atoms with Gasteiger partial charge in [0.1, 0.15) is 0 Å². The van der Waals surface area contributed by atoms with Crippen LogP contribution in [-0.2, 0) is 5.41 Å². The highest BCUT2D eigenvalue weighted by atomic mass is 15.0. The lowest BCUT2D eigenvalue weighted by Gasteiger charge is -2.21. The van der Waals surface area contributed by atoms with Crippen molar-refractivity contribution >= 4 is 21.8 Å². The van der Waals surface area contributed by atoms with E-state index in [9.17, 15) is 0 Å². The van der Waals surface area contributed by atoms with Crippen LogP contribution < -0.4 is 0 Å². The number of aromatic nitrogens is 1. The van der Waals surface area contributed by atoms with E-state index in [1.54, 1.807) is 0 Å². The van der Waals surface area contributed by atoms with E-state index in [4.69, 9.17) is 0 Å². The molecule has 0 radical (unpaired) electrons. The molecule has 0 unspecified atom stereocenters. The fourth-order valence-electron chi connectivity index (χ4n) is 5.29. The molecule has 4 aromatic carbocycles. The fraction of sp³-hybridized carbons (Fsp3) is 0.143. The van der Waals surface area contributed by atoms with Crippen LogP contribution in [-0.4, -0.2) is 4.57 Å². The molecule has 5 aromatic rings. The molecule has 1 aliphatic rings. The Morgan fingerprint density at radius 3 is 2.24 bits per heavy atom. The van der Waals surface area contributed by atoms with E-state index >= 15 is 0 Å². The molecule has 1 aromatic heterocycles. The monoisotopic (exact) mass is 373 g/mol. The second-order valence-corrected chi connectivity index (χ2v) is 8.73. The molecule has 0 bridgehead atoms. The standard InChI is InChI=1S/C28H23N/c1-18-10-9-14-23-27(18)22-17-26-21(16-24(22)28(23,2)3)20-13-7-8-15-25(20)29(26)19-11-5-4-6-12-19/h4-17H,1-3H3. The van der Waals surface area contributed by atoms with Gasteiger partial charge >= 0.3 is 0 Å². The lowest BCUT2D eigenvalue weighted by Crippen LogP contribution is -2.14. The van der Waals surface area contributed by atoms with Gasteiger partial charge in [-0.1, -0.05) is 68.4 Å². The molecular weight excluding hydrogens is 350 g/mol. The molecule has 0 saturated heterocycles. The smallest absolute Gasteiger partial charge is 0.0547 e. The number of benzene rings is 4. The van der Waals surface area contributed by atoms with Crippen LogP contribution in [0.1, 0.15) is 30.5 Å². The van der Waals surface area contributed by atoms with Gasteiger partial charge in [0.2, 0.25) is 0 Å². The van der Waals surface area contributed by atoms with Crippen LogP contribution in [0.2, 0.25) is 0 Å². The molecule has 0 N–H and O–H groups in total. The molecule has 29 heavy (non-hydrogen) atoms. The maximum absolute atomic E-state index is 2.45. The third kappa shape index (κ3) is 2.10. The molecule has 0 spiro atoms. The number of para-hydroxylation sites is 2. The summed E-state index contributed by atoms with van der Waals surface area (Å²) in [7, 11) is 0. The Balaban J connectivity index is 1.81. The molecular formula is C28H23N. The van der Waals surface area contributed by atoms with Crippen LogP contribution >= 0.6 is 0 Å². The number of aryl methyl sites for hydroxylation is 1. The molecule has 1 heteroatoms. The van der Waals surface area contributed by atoms with Gasteiger partial charge < -0.3 is 4.57 Å². The normalized spacial score (nSPS) is 14.3. The largest absolute Gasteiger partial charge is 0.309 e. The molecule has 0 aliphatic heterocycles. The molecule has 0 fully saturated rings. The minimum Gasteiger partial charge on any atom is -0.309 e. The first kappa shape index (κ1) is 16.6. The summed E-state index contributed by atoms with van der Waals surface area (Å²) >= 11 is 0. The van der Waals surface area contributed by atoms with E-state index in [0.29, 0.717) is 0 Å². The van der Waals surface area contributed by atoms with Gasteiger partial charge in [0.25, 0.3) is 0 Å². The Labute approximate surface area is 171 Å². The van der Waals surface area contributed by atoms with Crippen LogP contribution in [0.15, 0.2) is 84.9 Å². The summed E-state index contributed by atoms with van der Waals surface area (Å²) in [5, 5.41) is 2.65. The number of nitrogens with zero attached hydrogens (tertiary/aromatic N) is 1. The lowest BCUT2D eigenvalue weighted by atomic mass is 9.82. The van der Waals surface area contributed by atoms with E-state index in [2.05, 4.69) is 110 Å². The molecule has 1 heterocycles. The molecule has 0 amide bonds. The second-order valence-electron chi connectivity index (χ2n) is 8.73. The van der Waals surface area contributed by atoms with Gasteiger partial charge in [0.15, 0.2) is 0 Å². The van der Waals surface area contributed by atoms with Crippen molar-refractivity contribution in [3.8, 4) is 16.8 Å². The van der Waals surface area contributed by atoms with Crippen LogP contribution in [0, 0.1) is 6.92 Å². The first-order valence-electron chi connectivity index (χ1n) is 10.3. The van der Waals surface area contributed by atoms with E-state index in [-0.39, 0.29) is 5.41 Å². The Bertz CT molecular complexity index is 1420. The highest BCUT2D eigenvalue weighted by molar-refractivity contribution is 6.11. The molecule has 140 valence electrons. The summed E-state index contributed by atoms with van der Waals surface area (Å²) in [5.74, 6) is 0. The van der Waals surface area contributed by atoms with E-state index < -0.39 is 0 Å². The van der Waals surface area contributed by atoms with Crippen molar-refractivity contribution in [3.63, 3.8) is 0 Å². The predicted molar refractivity (Wildman–Crippen MR) is 123 cm³/mol. The van der Waals surface area contributed by atoms with Crippen LogP contribution in [0.4, 0.5) is 0 Å². The lowest BCUT2D eigenvalue weighted by molar-refractivity contribution is 0.661. The van der Waals surface area contributed by atoms with Crippen LogP contribution in [0.3, 0.4) is 0 Å². The Morgan fingerprint density at radius 1 is 0.655 bits per heavy atom. The Hall–Kier alpha value is -3.32. The van der Waals surface area contributed by atoms with Crippen molar-refractivity contribution in [2.75, 3.05) is 0 Å². The van der Waals surface area contributed by atoms with Crippen molar-refractivity contribution in [1.29, 1.82) is 0 Å². The number of fused-ring (bicyclic) bond motifs is 6. The van der Waals surface area contributed by atoms with Gasteiger partial charge in [-0.2, -0.15) is 0 Å². The minimum atomic E-state index is 0.0147. The average molecular weight is 373 g/mol. The number of hydrogen-bond acceptors (Lipinski definition) is 0. The van der Waals surface area contributed by atoms with Crippen molar-refractivity contribution < 1.29 is 0 Å². The number of hydrogen-bond donors (Lipinski definition) is 0. The van der Waals surface area contributed by atoms with E-state index in [1.807, 2.05) is 0 Å². The van der Waals surface area contributed by atoms with Gasteiger partial charge in [-0.05, 0) is 65.1 Å². The summed E-state index contributed by atoms with van der Waals surface area (Å²) in [4.78, 5) is 0. The maximum atomic E-state index is 2.45. The van der Waals surface area contributed by atoms with Gasteiger partial charge in [-0.15, -0.1) is 0 Å². The van der Waals surface area contributed by atoms with Gasteiger partial charge in [-0.25, -0.2) is 0 Å². The Kier molecular flexibility index (Phi) is 3.21. The summed E-state index contributed by atoms with van der Waals surface area (Å²) in [5.41, 5.74) is 10.8. The maximum Gasteiger partial charge on any atom is 0.0547 e. The minimum absolute atomic E-state index is 0.0147. The van der Waals surface area contributed by atoms with Gasteiger partial charge in [0, 0.05) is 21.9 Å². The molecule has 0 atom stereocenters. The third-order valence-corrected chi connectivity index (χ3v) is 6.72. The van der Waals surface area contributed by atoms with Crippen molar-refractivity contribution in [2.45, 2.75) is 26.2 Å². The van der Waals surface area contributed by atoms with Crippen LogP contribution in [0.25, 0.3) is 38.6 Å². The summed E-state index contributed by atoms with van der Waals surface area (Å²) in [6, 6.07) is 31.1. The fourth-order valence-corrected chi connectivity index (χ4v) is 5.29. The summed E-state index contributed by atoms with van der Waals surface area (Å²) in [6.07, 6.45) is 0.